The van der Waals surface area contributed by atoms with Gasteiger partial charge in [-0.15, -0.1) is 23.7 Å². The largest absolute Gasteiger partial charge is 0.316 e. The summed E-state index contributed by atoms with van der Waals surface area (Å²) in [5, 5.41) is 7.74. The molecule has 1 amide bonds. The van der Waals surface area contributed by atoms with Crippen LogP contribution >= 0.6 is 35.3 Å². The Morgan fingerprint density at radius 3 is 3.00 bits per heavy atom. The van der Waals surface area contributed by atoms with Crippen LogP contribution in [0.5, 0.6) is 0 Å². The summed E-state index contributed by atoms with van der Waals surface area (Å²) in [6.45, 7) is 3.80. The zero-order valence-electron chi connectivity index (χ0n) is 14.9. The number of aryl methyl sites for hydroxylation is 1. The molecule has 3 atom stereocenters. The highest BCUT2D eigenvalue weighted by atomic mass is 35.5. The van der Waals surface area contributed by atoms with Crippen molar-refractivity contribution in [3.8, 4) is 0 Å². The second-order valence-electron chi connectivity index (χ2n) is 6.81. The monoisotopic (exact) mass is 427 g/mol. The van der Waals surface area contributed by atoms with Crippen LogP contribution in [0, 0.1) is 12.8 Å². The summed E-state index contributed by atoms with van der Waals surface area (Å²) in [7, 11) is 0. The topological polar surface area (TPSA) is 78.1 Å². The number of hydrazine groups is 1. The Bertz CT molecular complexity index is 815. The van der Waals surface area contributed by atoms with Gasteiger partial charge in [0.05, 0.1) is 5.69 Å². The van der Waals surface area contributed by atoms with Gasteiger partial charge in [-0.1, -0.05) is 29.8 Å². The van der Waals surface area contributed by atoms with Gasteiger partial charge in [0.25, 0.3) is 0 Å². The van der Waals surface area contributed by atoms with Gasteiger partial charge >= 0.3 is 0 Å². The van der Waals surface area contributed by atoms with E-state index in [4.69, 9.17) is 11.6 Å². The van der Waals surface area contributed by atoms with E-state index in [9.17, 15) is 4.79 Å². The lowest BCUT2D eigenvalue weighted by Gasteiger charge is -2.27. The van der Waals surface area contributed by atoms with Crippen LogP contribution in [0.25, 0.3) is 0 Å². The summed E-state index contributed by atoms with van der Waals surface area (Å²) in [4.78, 5) is 18.4. The molecule has 6 nitrogen and oxygen atoms in total. The van der Waals surface area contributed by atoms with E-state index < -0.39 is 0 Å². The number of fused-ring (bicyclic) bond motifs is 1. The molecular formula is C18H23Cl2N5OS. The number of piperidine rings is 1. The van der Waals surface area contributed by atoms with Crippen LogP contribution < -0.4 is 21.5 Å². The molecule has 3 unspecified atom stereocenters. The van der Waals surface area contributed by atoms with Crippen LogP contribution in [0.4, 0.5) is 5.13 Å². The minimum Gasteiger partial charge on any atom is -0.316 e. The molecule has 2 aliphatic rings. The maximum absolute atomic E-state index is 12.7. The number of anilines is 1. The van der Waals surface area contributed by atoms with Crippen molar-refractivity contribution < 1.29 is 4.79 Å². The highest BCUT2D eigenvalue weighted by Gasteiger charge is 2.41. The van der Waals surface area contributed by atoms with E-state index in [-0.39, 0.29) is 30.3 Å². The average Bonchev–Trinajstić information content (AvgIpc) is 3.20. The number of amides is 1. The number of aromatic nitrogens is 1. The lowest BCUT2D eigenvalue weighted by Crippen LogP contribution is -2.47. The number of benzene rings is 1. The van der Waals surface area contributed by atoms with Gasteiger partial charge < -0.3 is 10.6 Å². The van der Waals surface area contributed by atoms with Crippen molar-refractivity contribution >= 4 is 46.4 Å². The van der Waals surface area contributed by atoms with Crippen LogP contribution in [0.15, 0.2) is 24.3 Å². The van der Waals surface area contributed by atoms with Gasteiger partial charge in [0.1, 0.15) is 6.04 Å². The Kier molecular flexibility index (Phi) is 6.73. The molecule has 0 spiro atoms. The van der Waals surface area contributed by atoms with E-state index >= 15 is 0 Å². The molecule has 2 fully saturated rings. The van der Waals surface area contributed by atoms with Crippen molar-refractivity contribution in [3.63, 3.8) is 0 Å². The van der Waals surface area contributed by atoms with Crippen molar-refractivity contribution in [2.24, 2.45) is 5.92 Å². The van der Waals surface area contributed by atoms with Crippen LogP contribution in [0.3, 0.4) is 0 Å². The molecule has 0 bridgehead atoms. The number of halogens is 2. The molecule has 1 aromatic heterocycles. The standard InChI is InChI=1S/C18H22ClN5OS.ClH/c1-10-15(8-11-4-2-3-5-13(11)19)26-18(21-10)22-17(25)16-12-9-20-7-6-14(12)23-24-16;/h2-5,12,14,16,20,23-24H,6-9H2,1H3,(H,21,22,25);1H. The number of hydrogen-bond acceptors (Lipinski definition) is 6. The Labute approximate surface area is 173 Å². The van der Waals surface area contributed by atoms with Gasteiger partial charge in [-0.05, 0) is 31.5 Å². The normalized spacial score (nSPS) is 24.1. The maximum atomic E-state index is 12.7. The van der Waals surface area contributed by atoms with E-state index in [0.29, 0.717) is 11.2 Å². The minimum atomic E-state index is -0.246. The predicted molar refractivity (Wildman–Crippen MR) is 112 cm³/mol. The second-order valence-corrected chi connectivity index (χ2v) is 8.31. The lowest BCUT2D eigenvalue weighted by atomic mass is 9.89. The summed E-state index contributed by atoms with van der Waals surface area (Å²) in [6.07, 6.45) is 1.75. The minimum absolute atomic E-state index is 0. The third-order valence-corrected chi connectivity index (χ3v) is 6.54. The second kappa shape index (κ2) is 8.86. The number of carbonyl (C=O) groups excluding carboxylic acids is 1. The summed E-state index contributed by atoms with van der Waals surface area (Å²) in [6, 6.07) is 7.92. The van der Waals surface area contributed by atoms with Gasteiger partial charge in [-0.25, -0.2) is 10.4 Å². The third-order valence-electron chi connectivity index (χ3n) is 5.10. The molecule has 2 aromatic rings. The van der Waals surface area contributed by atoms with Crippen molar-refractivity contribution in [2.75, 3.05) is 18.4 Å². The maximum Gasteiger partial charge on any atom is 0.245 e. The number of nitrogens with one attached hydrogen (secondary N) is 4. The molecular weight excluding hydrogens is 405 g/mol. The van der Waals surface area contributed by atoms with Crippen LogP contribution in [0.2, 0.25) is 5.02 Å². The quantitative estimate of drug-likeness (QED) is 0.602. The zero-order chi connectivity index (χ0) is 18.1. The number of carbonyl (C=O) groups is 1. The first-order valence-corrected chi connectivity index (χ1v) is 10.0. The van der Waals surface area contributed by atoms with E-state index in [2.05, 4.69) is 26.5 Å². The molecule has 0 saturated carbocycles. The van der Waals surface area contributed by atoms with Gasteiger partial charge in [0, 0.05) is 34.8 Å². The molecule has 2 saturated heterocycles. The summed E-state index contributed by atoms with van der Waals surface area (Å²) in [5.41, 5.74) is 8.39. The third kappa shape index (κ3) is 4.45. The predicted octanol–water partition coefficient (Wildman–Crippen LogP) is 2.51. The molecule has 4 rings (SSSR count). The molecule has 2 aliphatic heterocycles. The van der Waals surface area contributed by atoms with Gasteiger partial charge in [-0.2, -0.15) is 0 Å². The Morgan fingerprint density at radius 1 is 1.37 bits per heavy atom. The van der Waals surface area contributed by atoms with E-state index in [1.165, 1.54) is 11.3 Å². The van der Waals surface area contributed by atoms with E-state index in [1.54, 1.807) is 0 Å². The zero-order valence-corrected chi connectivity index (χ0v) is 17.3. The molecule has 146 valence electrons. The van der Waals surface area contributed by atoms with Crippen molar-refractivity contribution in [3.05, 3.63) is 45.4 Å². The molecule has 9 heteroatoms. The molecule has 27 heavy (non-hydrogen) atoms. The Morgan fingerprint density at radius 2 is 2.19 bits per heavy atom. The number of hydrogen-bond donors (Lipinski definition) is 4. The van der Waals surface area contributed by atoms with E-state index in [1.807, 2.05) is 31.2 Å². The molecule has 3 heterocycles. The summed E-state index contributed by atoms with van der Waals surface area (Å²) < 4.78 is 0. The van der Waals surface area contributed by atoms with Crippen molar-refractivity contribution in [1.29, 1.82) is 0 Å². The molecule has 0 radical (unpaired) electrons. The molecule has 1 aromatic carbocycles. The summed E-state index contributed by atoms with van der Waals surface area (Å²) in [5.74, 6) is 0.221. The number of nitrogens with zero attached hydrogens (tertiary/aromatic N) is 1. The van der Waals surface area contributed by atoms with Crippen molar-refractivity contribution in [1.82, 2.24) is 21.2 Å². The van der Waals surface area contributed by atoms with Gasteiger partial charge in [0.15, 0.2) is 5.13 Å². The molecule has 4 N–H and O–H groups in total. The summed E-state index contributed by atoms with van der Waals surface area (Å²) >= 11 is 7.78. The van der Waals surface area contributed by atoms with Crippen LogP contribution in [0.1, 0.15) is 22.6 Å². The molecule has 0 aliphatic carbocycles. The highest BCUT2D eigenvalue weighted by molar-refractivity contribution is 7.15. The van der Waals surface area contributed by atoms with E-state index in [0.717, 1.165) is 47.1 Å². The van der Waals surface area contributed by atoms with Crippen molar-refractivity contribution in [2.45, 2.75) is 31.8 Å². The fourth-order valence-corrected chi connectivity index (χ4v) is 4.81. The van der Waals surface area contributed by atoms with Crippen LogP contribution in [-0.4, -0.2) is 36.1 Å². The average molecular weight is 428 g/mol. The first-order valence-electron chi connectivity index (χ1n) is 8.84. The van der Waals surface area contributed by atoms with Crippen LogP contribution in [-0.2, 0) is 11.2 Å². The highest BCUT2D eigenvalue weighted by Crippen LogP contribution is 2.28. The van der Waals surface area contributed by atoms with Gasteiger partial charge in [0.2, 0.25) is 5.91 Å². The first kappa shape index (κ1) is 20.5. The number of thiazole rings is 1. The smallest absolute Gasteiger partial charge is 0.245 e. The Balaban J connectivity index is 0.00000210. The Hall–Kier alpha value is -1.22. The first-order chi connectivity index (χ1) is 12.6. The SMILES string of the molecule is Cc1nc(NC(=O)C2NNC3CCNCC32)sc1Cc1ccccc1Cl.Cl. The lowest BCUT2D eigenvalue weighted by molar-refractivity contribution is -0.118. The fourth-order valence-electron chi connectivity index (χ4n) is 3.62. The van der Waals surface area contributed by atoms with Gasteiger partial charge in [-0.3, -0.25) is 10.2 Å². The fraction of sp³-hybridized carbons (Fsp3) is 0.444. The number of rotatable bonds is 4.